The number of allylic oxidation sites excluding steroid dienone is 2. The third kappa shape index (κ3) is 7.09. The fourth-order valence-corrected chi connectivity index (χ4v) is 5.96. The Kier molecular flexibility index (Phi) is 8.83. The monoisotopic (exact) mass is 548 g/mol. The van der Waals surface area contributed by atoms with E-state index >= 15 is 0 Å². The number of nitrogens with two attached hydrogens (primary N) is 1. The molecule has 3 aliphatic rings. The van der Waals surface area contributed by atoms with Crippen LogP contribution < -0.4 is 20.5 Å². The number of carbonyl (C=O) groups excluding carboxylic acids is 2. The van der Waals surface area contributed by atoms with Crippen molar-refractivity contribution in [2.45, 2.75) is 76.7 Å². The lowest BCUT2D eigenvalue weighted by Gasteiger charge is -2.35. The van der Waals surface area contributed by atoms with Crippen LogP contribution >= 0.6 is 0 Å². The summed E-state index contributed by atoms with van der Waals surface area (Å²) < 4.78 is 44.1. The maximum absolute atomic E-state index is 14.3. The van der Waals surface area contributed by atoms with Crippen molar-refractivity contribution in [2.75, 3.05) is 19.7 Å². The van der Waals surface area contributed by atoms with Crippen molar-refractivity contribution in [2.24, 2.45) is 17.1 Å². The van der Waals surface area contributed by atoms with E-state index in [9.17, 15) is 23.5 Å². The lowest BCUT2D eigenvalue weighted by molar-refractivity contribution is -0.236. The smallest absolute Gasteiger partial charge is 0.412 e. The van der Waals surface area contributed by atoms with Gasteiger partial charge in [-0.1, -0.05) is 37.5 Å². The summed E-state index contributed by atoms with van der Waals surface area (Å²) in [4.78, 5) is 24.5. The van der Waals surface area contributed by atoms with Crippen molar-refractivity contribution < 1.29 is 37.7 Å². The van der Waals surface area contributed by atoms with Crippen LogP contribution in [-0.2, 0) is 9.53 Å². The van der Waals surface area contributed by atoms with Crippen molar-refractivity contribution >= 4 is 12.1 Å². The van der Waals surface area contributed by atoms with Gasteiger partial charge in [0.2, 0.25) is 0 Å². The molecule has 1 aromatic rings. The SMILES string of the molecule is C=C1COc2cc(OC(=O)NCCC(F)(F)OC(=O)CC3(CN)CCCCC3)cc(O)c2[C@@H]2C=C(C)CC[C@@H]12. The molecule has 0 saturated heterocycles. The van der Waals surface area contributed by atoms with Crippen molar-refractivity contribution in [1.82, 2.24) is 5.32 Å². The molecule has 1 aromatic carbocycles. The number of benzene rings is 1. The highest BCUT2D eigenvalue weighted by atomic mass is 19.3. The van der Waals surface area contributed by atoms with E-state index in [0.29, 0.717) is 24.2 Å². The van der Waals surface area contributed by atoms with Crippen LogP contribution in [0.4, 0.5) is 13.6 Å². The van der Waals surface area contributed by atoms with Gasteiger partial charge in [0.25, 0.3) is 0 Å². The Balaban J connectivity index is 1.31. The number of carbonyl (C=O) groups is 2. The molecular weight excluding hydrogens is 510 g/mol. The molecule has 4 rings (SSSR count). The van der Waals surface area contributed by atoms with Gasteiger partial charge < -0.3 is 30.4 Å². The first-order valence-corrected chi connectivity index (χ1v) is 13.6. The van der Waals surface area contributed by atoms with Crippen molar-refractivity contribution in [3.8, 4) is 17.2 Å². The average Bonchev–Trinajstić information content (AvgIpc) is 3.00. The number of amides is 1. The minimum absolute atomic E-state index is 0.00192. The summed E-state index contributed by atoms with van der Waals surface area (Å²) in [6, 6.07) is 2.80. The van der Waals surface area contributed by atoms with Crippen LogP contribution in [0.5, 0.6) is 17.2 Å². The van der Waals surface area contributed by atoms with Gasteiger partial charge in [-0.2, -0.15) is 8.78 Å². The first kappa shape index (κ1) is 28.9. The highest BCUT2D eigenvalue weighted by molar-refractivity contribution is 5.72. The van der Waals surface area contributed by atoms with Crippen LogP contribution in [0, 0.1) is 11.3 Å². The van der Waals surface area contributed by atoms with Gasteiger partial charge in [-0.05, 0) is 56.1 Å². The Morgan fingerprint density at radius 3 is 2.74 bits per heavy atom. The number of hydrogen-bond acceptors (Lipinski definition) is 7. The van der Waals surface area contributed by atoms with Gasteiger partial charge in [-0.25, -0.2) is 4.79 Å². The quantitative estimate of drug-likeness (QED) is 0.282. The Morgan fingerprint density at radius 1 is 1.28 bits per heavy atom. The van der Waals surface area contributed by atoms with E-state index in [4.69, 9.17) is 15.2 Å². The van der Waals surface area contributed by atoms with Gasteiger partial charge in [-0.15, -0.1) is 0 Å². The molecular formula is C29H38F2N2O6. The Morgan fingerprint density at radius 2 is 2.03 bits per heavy atom. The minimum atomic E-state index is -3.75. The lowest BCUT2D eigenvalue weighted by Crippen LogP contribution is -2.38. The topological polar surface area (TPSA) is 120 Å². The summed E-state index contributed by atoms with van der Waals surface area (Å²) in [5.41, 5.74) is 8.10. The van der Waals surface area contributed by atoms with Crippen LogP contribution in [0.25, 0.3) is 0 Å². The van der Waals surface area contributed by atoms with Crippen molar-refractivity contribution in [1.29, 1.82) is 0 Å². The number of rotatable bonds is 8. The van der Waals surface area contributed by atoms with Gasteiger partial charge in [0.05, 0.1) is 12.8 Å². The first-order chi connectivity index (χ1) is 18.5. The zero-order valence-electron chi connectivity index (χ0n) is 22.4. The molecule has 2 aliphatic carbocycles. The van der Waals surface area contributed by atoms with E-state index < -0.39 is 36.6 Å². The molecule has 214 valence electrons. The number of aromatic hydroxyl groups is 1. The predicted octanol–water partition coefficient (Wildman–Crippen LogP) is 5.69. The van der Waals surface area contributed by atoms with Crippen LogP contribution in [0.15, 0.2) is 35.9 Å². The van der Waals surface area contributed by atoms with Crippen molar-refractivity contribution in [3.63, 3.8) is 0 Å². The van der Waals surface area contributed by atoms with Gasteiger partial charge in [0.1, 0.15) is 23.9 Å². The highest BCUT2D eigenvalue weighted by Gasteiger charge is 2.39. The lowest BCUT2D eigenvalue weighted by atomic mass is 9.72. The maximum atomic E-state index is 14.3. The molecule has 1 fully saturated rings. The highest BCUT2D eigenvalue weighted by Crippen LogP contribution is 2.49. The maximum Gasteiger partial charge on any atom is 0.412 e. The number of ether oxygens (including phenoxy) is 3. The number of phenols is 1. The number of halogens is 2. The summed E-state index contributed by atoms with van der Waals surface area (Å²) in [7, 11) is 0. The standard InChI is InChI=1S/C29H38F2N2O6/c1-18-6-7-21-19(2)16-37-24-14-20(13-23(34)26(24)22(21)12-18)38-27(36)33-11-10-29(30,31)39-25(35)15-28(17-32)8-4-3-5-9-28/h12-14,21-22,34H,2-11,15-17,32H2,1H3,(H,33,36)/t21-,22+/m0/s1. The van der Waals surface area contributed by atoms with E-state index in [-0.39, 0.29) is 42.9 Å². The normalized spacial score (nSPS) is 22.4. The molecule has 2 atom stereocenters. The Bertz CT molecular complexity index is 1130. The molecule has 10 heteroatoms. The molecule has 1 amide bonds. The molecule has 39 heavy (non-hydrogen) atoms. The summed E-state index contributed by atoms with van der Waals surface area (Å²) >= 11 is 0. The van der Waals surface area contributed by atoms with E-state index in [1.807, 2.05) is 6.92 Å². The van der Waals surface area contributed by atoms with Gasteiger partial charge in [0, 0.05) is 30.2 Å². The summed E-state index contributed by atoms with van der Waals surface area (Å²) in [6.07, 6.45) is 2.44. The van der Waals surface area contributed by atoms with E-state index in [1.54, 1.807) is 0 Å². The van der Waals surface area contributed by atoms with Crippen LogP contribution in [0.2, 0.25) is 0 Å². The fourth-order valence-electron chi connectivity index (χ4n) is 5.96. The zero-order valence-corrected chi connectivity index (χ0v) is 22.4. The molecule has 4 N–H and O–H groups in total. The minimum Gasteiger partial charge on any atom is -0.507 e. The summed E-state index contributed by atoms with van der Waals surface area (Å²) in [5, 5.41) is 13.0. The van der Waals surface area contributed by atoms with E-state index in [2.05, 4.69) is 22.7 Å². The molecule has 0 bridgehead atoms. The second kappa shape index (κ2) is 11.9. The predicted molar refractivity (Wildman–Crippen MR) is 141 cm³/mol. The molecule has 0 radical (unpaired) electrons. The molecule has 1 heterocycles. The third-order valence-electron chi connectivity index (χ3n) is 8.14. The number of alkyl halides is 2. The fraction of sp³-hybridized carbons (Fsp3) is 0.586. The Labute approximate surface area is 227 Å². The molecule has 1 aliphatic heterocycles. The van der Waals surface area contributed by atoms with Crippen molar-refractivity contribution in [3.05, 3.63) is 41.5 Å². The van der Waals surface area contributed by atoms with Gasteiger partial charge >= 0.3 is 18.2 Å². The average molecular weight is 549 g/mol. The van der Waals surface area contributed by atoms with Gasteiger partial charge in [0.15, 0.2) is 0 Å². The molecule has 0 spiro atoms. The largest absolute Gasteiger partial charge is 0.507 e. The van der Waals surface area contributed by atoms with Gasteiger partial charge in [-0.3, -0.25) is 4.79 Å². The summed E-state index contributed by atoms with van der Waals surface area (Å²) in [5.74, 6) is -0.670. The molecule has 8 nitrogen and oxygen atoms in total. The number of esters is 1. The summed E-state index contributed by atoms with van der Waals surface area (Å²) in [6.45, 7) is 6.21. The third-order valence-corrected chi connectivity index (χ3v) is 8.14. The zero-order chi connectivity index (χ0) is 28.2. The van der Waals surface area contributed by atoms with E-state index in [1.165, 1.54) is 17.7 Å². The second-order valence-electron chi connectivity index (χ2n) is 11.1. The number of hydrogen-bond donors (Lipinski definition) is 3. The number of fused-ring (bicyclic) bond motifs is 3. The second-order valence-corrected chi connectivity index (χ2v) is 11.1. The van der Waals surface area contributed by atoms with Crippen LogP contribution in [-0.4, -0.2) is 43.0 Å². The van der Waals surface area contributed by atoms with Crippen LogP contribution in [0.3, 0.4) is 0 Å². The first-order valence-electron chi connectivity index (χ1n) is 13.6. The molecule has 0 aromatic heterocycles. The molecule has 1 saturated carbocycles. The Hall–Kier alpha value is -3.14. The molecule has 0 unspecified atom stereocenters. The number of nitrogens with one attached hydrogen (secondary N) is 1. The van der Waals surface area contributed by atoms with E-state index in [0.717, 1.165) is 37.7 Å². The van der Waals surface area contributed by atoms with Crippen LogP contribution in [0.1, 0.15) is 76.2 Å². The number of phenolic OH excluding ortho intramolecular Hbond substituents is 1.